The minimum Gasteiger partial charge on any atom is -0.339 e. The molecule has 1 aliphatic carbocycles. The highest BCUT2D eigenvalue weighted by atomic mass is 32.2. The molecule has 3 rings (SSSR count). The fraction of sp³-hybridized carbons (Fsp3) is 0.444. The molecule has 1 aromatic carbocycles. The number of benzene rings is 1. The van der Waals surface area contributed by atoms with Gasteiger partial charge in [-0.25, -0.2) is 0 Å². The summed E-state index contributed by atoms with van der Waals surface area (Å²) in [7, 11) is 1.85. The van der Waals surface area contributed by atoms with E-state index < -0.39 is 0 Å². The maximum Gasteiger partial charge on any atom is 0.235 e. The van der Waals surface area contributed by atoms with E-state index in [0.29, 0.717) is 12.5 Å². The summed E-state index contributed by atoms with van der Waals surface area (Å²) in [5.41, 5.74) is 3.38. The monoisotopic (exact) mass is 329 g/mol. The molecule has 4 nitrogen and oxygen atoms in total. The number of aryl methyl sites for hydroxylation is 1. The molecule has 1 N–H and O–H groups in total. The number of hydrogen-bond donors (Lipinski definition) is 1. The fourth-order valence-corrected chi connectivity index (χ4v) is 3.55. The van der Waals surface area contributed by atoms with E-state index in [1.54, 1.807) is 16.7 Å². The summed E-state index contributed by atoms with van der Waals surface area (Å²) in [6.07, 6.45) is 2.48. The van der Waals surface area contributed by atoms with E-state index in [2.05, 4.69) is 47.5 Å². The van der Waals surface area contributed by atoms with Crippen LogP contribution in [-0.4, -0.2) is 33.3 Å². The highest BCUT2D eigenvalue weighted by Gasteiger charge is 2.26. The first-order chi connectivity index (χ1) is 11.0. The quantitative estimate of drug-likeness (QED) is 0.822. The first-order valence-electron chi connectivity index (χ1n) is 8.05. The van der Waals surface area contributed by atoms with Gasteiger partial charge in [0.2, 0.25) is 5.91 Å². The summed E-state index contributed by atoms with van der Waals surface area (Å²) in [5.74, 6) is 0.773. The standard InChI is InChI=1S/C18H23N3OS/c1-12-4-8-16(9-5-12)23-13(2)18(22)21(3)11-15-10-17(20-19-15)14-6-7-14/h4-5,8-10,13-14H,6-7,11H2,1-3H3,(H,19,20). The lowest BCUT2D eigenvalue weighted by Gasteiger charge is -2.20. The number of nitrogens with one attached hydrogen (secondary N) is 1. The van der Waals surface area contributed by atoms with Crippen LogP contribution < -0.4 is 0 Å². The Bertz CT molecular complexity index is 676. The number of aromatic nitrogens is 2. The van der Waals surface area contributed by atoms with Crippen LogP contribution in [0.5, 0.6) is 0 Å². The van der Waals surface area contributed by atoms with E-state index >= 15 is 0 Å². The van der Waals surface area contributed by atoms with Crippen LogP contribution in [0.15, 0.2) is 35.2 Å². The van der Waals surface area contributed by atoms with Crippen molar-refractivity contribution < 1.29 is 4.79 Å². The molecule has 0 saturated heterocycles. The molecule has 1 aliphatic rings. The number of hydrogen-bond acceptors (Lipinski definition) is 3. The lowest BCUT2D eigenvalue weighted by Crippen LogP contribution is -2.32. The Kier molecular flexibility index (Phi) is 4.76. The molecular formula is C18H23N3OS. The van der Waals surface area contributed by atoms with Crippen LogP contribution in [0, 0.1) is 6.92 Å². The number of carbonyl (C=O) groups excluding carboxylic acids is 1. The molecule has 0 radical (unpaired) electrons. The van der Waals surface area contributed by atoms with E-state index in [0.717, 1.165) is 16.3 Å². The van der Waals surface area contributed by atoms with E-state index in [1.165, 1.54) is 18.4 Å². The van der Waals surface area contributed by atoms with Crippen LogP contribution in [0.25, 0.3) is 0 Å². The summed E-state index contributed by atoms with van der Waals surface area (Å²) in [4.78, 5) is 15.4. The van der Waals surface area contributed by atoms with Crippen molar-refractivity contribution in [2.75, 3.05) is 7.05 Å². The molecule has 0 bridgehead atoms. The average molecular weight is 329 g/mol. The smallest absolute Gasteiger partial charge is 0.235 e. The molecular weight excluding hydrogens is 306 g/mol. The molecule has 122 valence electrons. The van der Waals surface area contributed by atoms with Gasteiger partial charge in [0.15, 0.2) is 0 Å². The average Bonchev–Trinajstić information content (AvgIpc) is 3.29. The Morgan fingerprint density at radius 3 is 2.74 bits per heavy atom. The first-order valence-corrected chi connectivity index (χ1v) is 8.93. The second-order valence-corrected chi connectivity index (χ2v) is 7.77. The van der Waals surface area contributed by atoms with E-state index in [1.807, 2.05) is 14.0 Å². The third kappa shape index (κ3) is 4.16. The minimum atomic E-state index is -0.103. The second kappa shape index (κ2) is 6.79. The van der Waals surface area contributed by atoms with Crippen molar-refractivity contribution >= 4 is 17.7 Å². The van der Waals surface area contributed by atoms with E-state index in [9.17, 15) is 4.79 Å². The van der Waals surface area contributed by atoms with Crippen LogP contribution in [0.2, 0.25) is 0 Å². The normalized spacial score (nSPS) is 15.4. The van der Waals surface area contributed by atoms with Gasteiger partial charge in [-0.1, -0.05) is 17.7 Å². The Labute approximate surface area is 141 Å². The molecule has 1 heterocycles. The van der Waals surface area contributed by atoms with E-state index in [4.69, 9.17) is 0 Å². The predicted molar refractivity (Wildman–Crippen MR) is 93.5 cm³/mol. The van der Waals surface area contributed by atoms with Gasteiger partial charge in [-0.3, -0.25) is 9.89 Å². The maximum absolute atomic E-state index is 12.5. The van der Waals surface area contributed by atoms with Gasteiger partial charge in [-0.05, 0) is 44.9 Å². The fourth-order valence-electron chi connectivity index (χ4n) is 2.56. The van der Waals surface area contributed by atoms with Gasteiger partial charge in [-0.15, -0.1) is 11.8 Å². The number of thioether (sulfide) groups is 1. The van der Waals surface area contributed by atoms with E-state index in [-0.39, 0.29) is 11.2 Å². The Balaban J connectivity index is 1.55. The van der Waals surface area contributed by atoms with Crippen molar-refractivity contribution in [3.05, 3.63) is 47.3 Å². The van der Waals surface area contributed by atoms with Crippen LogP contribution >= 0.6 is 11.8 Å². The summed E-state index contributed by atoms with van der Waals surface area (Å²) in [6, 6.07) is 10.4. The molecule has 1 atom stereocenters. The highest BCUT2D eigenvalue weighted by Crippen LogP contribution is 2.39. The number of carbonyl (C=O) groups is 1. The number of H-pyrrole nitrogens is 1. The first kappa shape index (κ1) is 16.1. The van der Waals surface area contributed by atoms with Crippen LogP contribution in [-0.2, 0) is 11.3 Å². The maximum atomic E-state index is 12.5. The summed E-state index contributed by atoms with van der Waals surface area (Å²) in [5, 5.41) is 7.30. The highest BCUT2D eigenvalue weighted by molar-refractivity contribution is 8.00. The molecule has 0 spiro atoms. The second-order valence-electron chi connectivity index (χ2n) is 6.36. The van der Waals surface area contributed by atoms with Crippen molar-refractivity contribution in [2.45, 2.75) is 49.3 Å². The van der Waals surface area contributed by atoms with Crippen LogP contribution in [0.4, 0.5) is 0 Å². The third-order valence-corrected chi connectivity index (χ3v) is 5.21. The van der Waals surface area contributed by atoms with Gasteiger partial charge >= 0.3 is 0 Å². The minimum absolute atomic E-state index is 0.103. The molecule has 5 heteroatoms. The number of aromatic amines is 1. The van der Waals surface area contributed by atoms with Crippen LogP contribution in [0.3, 0.4) is 0 Å². The molecule has 1 amide bonds. The molecule has 1 unspecified atom stereocenters. The molecule has 1 fully saturated rings. The predicted octanol–water partition coefficient (Wildman–Crippen LogP) is 3.73. The lowest BCUT2D eigenvalue weighted by atomic mass is 10.2. The summed E-state index contributed by atoms with van der Waals surface area (Å²) < 4.78 is 0. The van der Waals surface area contributed by atoms with Crippen molar-refractivity contribution in [3.63, 3.8) is 0 Å². The van der Waals surface area contributed by atoms with Crippen molar-refractivity contribution in [2.24, 2.45) is 0 Å². The zero-order valence-corrected chi connectivity index (χ0v) is 14.7. The Morgan fingerprint density at radius 1 is 1.39 bits per heavy atom. The SMILES string of the molecule is Cc1ccc(SC(C)C(=O)N(C)Cc2cc(C3CC3)n[nH]2)cc1. The van der Waals surface area contributed by atoms with Gasteiger partial charge in [0.05, 0.1) is 23.2 Å². The number of rotatable bonds is 6. The number of amides is 1. The van der Waals surface area contributed by atoms with Gasteiger partial charge in [-0.2, -0.15) is 5.10 Å². The summed E-state index contributed by atoms with van der Waals surface area (Å²) >= 11 is 1.60. The molecule has 0 aliphatic heterocycles. The van der Waals surface area contributed by atoms with Gasteiger partial charge < -0.3 is 4.90 Å². The van der Waals surface area contributed by atoms with Crippen molar-refractivity contribution in [3.8, 4) is 0 Å². The van der Waals surface area contributed by atoms with Crippen LogP contribution in [0.1, 0.15) is 42.6 Å². The Hall–Kier alpha value is -1.75. The van der Waals surface area contributed by atoms with Gasteiger partial charge in [0.25, 0.3) is 0 Å². The molecule has 2 aromatic rings. The van der Waals surface area contributed by atoms with Crippen molar-refractivity contribution in [1.29, 1.82) is 0 Å². The topological polar surface area (TPSA) is 49.0 Å². The molecule has 23 heavy (non-hydrogen) atoms. The van der Waals surface area contributed by atoms with Gasteiger partial charge in [0.1, 0.15) is 0 Å². The third-order valence-electron chi connectivity index (χ3n) is 4.11. The Morgan fingerprint density at radius 2 is 2.09 bits per heavy atom. The lowest BCUT2D eigenvalue weighted by molar-refractivity contribution is -0.129. The largest absolute Gasteiger partial charge is 0.339 e. The summed E-state index contributed by atoms with van der Waals surface area (Å²) in [6.45, 7) is 4.61. The van der Waals surface area contributed by atoms with Gasteiger partial charge in [0, 0.05) is 17.9 Å². The van der Waals surface area contributed by atoms with Crippen molar-refractivity contribution in [1.82, 2.24) is 15.1 Å². The zero-order chi connectivity index (χ0) is 16.4. The number of nitrogens with zero attached hydrogens (tertiary/aromatic N) is 2. The molecule has 1 aromatic heterocycles. The molecule has 1 saturated carbocycles. The zero-order valence-electron chi connectivity index (χ0n) is 13.9.